The molecule has 1 aromatic heterocycles. The maximum Gasteiger partial charge on any atom is 2.00 e. The van der Waals surface area contributed by atoms with E-state index in [2.05, 4.69) is 16.9 Å². The average molecular weight is 233 g/mol. The number of nitrogens with one attached hydrogen (secondary N) is 1. The second-order valence-corrected chi connectivity index (χ2v) is 4.61. The fraction of sp³-hybridized carbons (Fsp3) is 0.786. The van der Waals surface area contributed by atoms with E-state index in [1.54, 1.807) is 0 Å². The minimum Gasteiger partial charge on any atom is -1.00 e. The van der Waals surface area contributed by atoms with Crippen molar-refractivity contribution in [3.8, 4) is 0 Å². The standard InChI is InChI=1S/C14H26N2.Be.2H/c1-2-3-4-5-6-7-8-9-10-11-14-15-12-13-16-14;;;/h12-13H,2-11H2,1H3,(H,15,16);;;/q;+2;2*-1. The van der Waals surface area contributed by atoms with Gasteiger partial charge in [0.1, 0.15) is 5.82 Å². The Hall–Kier alpha value is -0.621. The molecule has 0 aliphatic rings. The van der Waals surface area contributed by atoms with Crippen LogP contribution in [0.15, 0.2) is 12.4 Å². The van der Waals surface area contributed by atoms with Gasteiger partial charge in [0.15, 0.2) is 0 Å². The van der Waals surface area contributed by atoms with Gasteiger partial charge in [-0.3, -0.25) is 0 Å². The van der Waals surface area contributed by atoms with Gasteiger partial charge in [0, 0.05) is 18.8 Å². The SMILES string of the molecule is CCCCCCCCCCCc1ncc[nH]1.[Be+2].[H-].[H-]. The van der Waals surface area contributed by atoms with E-state index in [0.29, 0.717) is 0 Å². The van der Waals surface area contributed by atoms with E-state index in [-0.39, 0.29) is 13.0 Å². The molecule has 0 aliphatic heterocycles. The minimum atomic E-state index is 0. The molecule has 0 aliphatic carbocycles. The third-order valence-corrected chi connectivity index (χ3v) is 3.07. The second kappa shape index (κ2) is 11.9. The second-order valence-electron chi connectivity index (χ2n) is 4.61. The molecule has 0 saturated heterocycles. The van der Waals surface area contributed by atoms with Crippen LogP contribution in [-0.4, -0.2) is 20.1 Å². The molecule has 0 aromatic carbocycles. The summed E-state index contributed by atoms with van der Waals surface area (Å²) in [5, 5.41) is 0. The van der Waals surface area contributed by atoms with Crippen LogP contribution >= 0.6 is 0 Å². The van der Waals surface area contributed by atoms with E-state index in [0.717, 1.165) is 12.2 Å². The van der Waals surface area contributed by atoms with Crippen LogP contribution in [0.5, 0.6) is 0 Å². The first-order valence-corrected chi connectivity index (χ1v) is 6.91. The summed E-state index contributed by atoms with van der Waals surface area (Å²) in [5.41, 5.74) is 0. The summed E-state index contributed by atoms with van der Waals surface area (Å²) in [5.74, 6) is 1.14. The molecule has 0 spiro atoms. The van der Waals surface area contributed by atoms with E-state index in [4.69, 9.17) is 0 Å². The quantitative estimate of drug-likeness (QED) is 0.473. The van der Waals surface area contributed by atoms with Gasteiger partial charge >= 0.3 is 10.1 Å². The van der Waals surface area contributed by atoms with Crippen molar-refractivity contribution in [2.45, 2.75) is 71.1 Å². The van der Waals surface area contributed by atoms with Crippen LogP contribution in [-0.2, 0) is 6.42 Å². The largest absolute Gasteiger partial charge is 2.00 e. The fourth-order valence-electron chi connectivity index (χ4n) is 2.04. The summed E-state index contributed by atoms with van der Waals surface area (Å²) < 4.78 is 0. The van der Waals surface area contributed by atoms with Crippen LogP contribution < -0.4 is 0 Å². The number of hydrogen-bond acceptors (Lipinski definition) is 1. The van der Waals surface area contributed by atoms with Crippen LogP contribution in [0.3, 0.4) is 0 Å². The summed E-state index contributed by atoms with van der Waals surface area (Å²) in [6, 6.07) is 0. The van der Waals surface area contributed by atoms with Crippen molar-refractivity contribution in [2.75, 3.05) is 0 Å². The maximum atomic E-state index is 4.23. The molecule has 2 nitrogen and oxygen atoms in total. The molecule has 1 N–H and O–H groups in total. The molecule has 0 saturated carbocycles. The molecule has 0 bridgehead atoms. The summed E-state index contributed by atoms with van der Waals surface area (Å²) >= 11 is 0. The van der Waals surface area contributed by atoms with Crippen molar-refractivity contribution < 1.29 is 2.85 Å². The zero-order valence-corrected chi connectivity index (χ0v) is 11.4. The zero-order chi connectivity index (χ0) is 11.5. The number of aryl methyl sites for hydroxylation is 1. The Morgan fingerprint density at radius 1 is 1.00 bits per heavy atom. The molecule has 96 valence electrons. The van der Waals surface area contributed by atoms with Crippen LogP contribution in [0.25, 0.3) is 0 Å². The Morgan fingerprint density at radius 2 is 1.59 bits per heavy atom. The molecule has 1 rings (SSSR count). The van der Waals surface area contributed by atoms with Crippen LogP contribution in [0, 0.1) is 0 Å². The first-order valence-electron chi connectivity index (χ1n) is 6.91. The van der Waals surface area contributed by atoms with E-state index < -0.39 is 0 Å². The Morgan fingerprint density at radius 3 is 2.12 bits per heavy atom. The molecule has 17 heavy (non-hydrogen) atoms. The van der Waals surface area contributed by atoms with Gasteiger partial charge in [0.05, 0.1) is 0 Å². The molecule has 3 heteroatoms. The smallest absolute Gasteiger partial charge is 1.00 e. The third kappa shape index (κ3) is 9.11. The maximum absolute atomic E-state index is 4.23. The normalized spacial score (nSPS) is 10.2. The molecule has 1 aromatic rings. The van der Waals surface area contributed by atoms with E-state index in [1.807, 2.05) is 12.4 Å². The first-order chi connectivity index (χ1) is 7.93. The van der Waals surface area contributed by atoms with Gasteiger partial charge in [-0.1, -0.05) is 58.3 Å². The molecule has 0 radical (unpaired) electrons. The number of aromatic nitrogens is 2. The Labute approximate surface area is 113 Å². The molecule has 0 atom stereocenters. The minimum absolute atomic E-state index is 0. The van der Waals surface area contributed by atoms with Gasteiger partial charge in [-0.05, 0) is 6.42 Å². The first kappa shape index (κ1) is 16.4. The number of hydrogen-bond donors (Lipinski definition) is 1. The Balaban J connectivity index is -0.000000853. The number of H-pyrrole nitrogens is 1. The van der Waals surface area contributed by atoms with Crippen LogP contribution in [0.2, 0.25) is 0 Å². The van der Waals surface area contributed by atoms with Crippen molar-refractivity contribution >= 4 is 10.1 Å². The molecular formula is C14H28BeN2. The molecular weight excluding hydrogens is 205 g/mol. The third-order valence-electron chi connectivity index (χ3n) is 3.07. The number of nitrogens with zero attached hydrogens (tertiary/aromatic N) is 1. The van der Waals surface area contributed by atoms with Crippen molar-refractivity contribution in [2.24, 2.45) is 0 Å². The predicted octanol–water partition coefficient (Wildman–Crippen LogP) is 4.33. The fourth-order valence-corrected chi connectivity index (χ4v) is 2.04. The number of unbranched alkanes of at least 4 members (excludes halogenated alkanes) is 8. The summed E-state index contributed by atoms with van der Waals surface area (Å²) in [4.78, 5) is 7.38. The average Bonchev–Trinajstić information content (AvgIpc) is 2.80. The molecule has 0 unspecified atom stereocenters. The zero-order valence-electron chi connectivity index (χ0n) is 13.4. The van der Waals surface area contributed by atoms with Crippen LogP contribution in [0.4, 0.5) is 0 Å². The Kier molecular flexibility index (Phi) is 11.4. The number of aromatic amines is 1. The van der Waals surface area contributed by atoms with Crippen molar-refractivity contribution in [1.29, 1.82) is 0 Å². The Bertz CT molecular complexity index is 244. The molecule has 0 fully saturated rings. The number of rotatable bonds is 10. The molecule has 1 heterocycles. The topological polar surface area (TPSA) is 28.7 Å². The number of imidazole rings is 1. The van der Waals surface area contributed by atoms with Crippen molar-refractivity contribution in [3.05, 3.63) is 18.2 Å². The van der Waals surface area contributed by atoms with Gasteiger partial charge in [-0.2, -0.15) is 0 Å². The van der Waals surface area contributed by atoms with Gasteiger partial charge in [0.2, 0.25) is 0 Å². The van der Waals surface area contributed by atoms with Gasteiger partial charge in [0.25, 0.3) is 0 Å². The summed E-state index contributed by atoms with van der Waals surface area (Å²) in [6.07, 6.45) is 17.4. The summed E-state index contributed by atoms with van der Waals surface area (Å²) in [7, 11) is 0. The predicted molar refractivity (Wildman–Crippen MR) is 77.5 cm³/mol. The summed E-state index contributed by atoms with van der Waals surface area (Å²) in [6.45, 7) is 2.27. The van der Waals surface area contributed by atoms with E-state index in [1.165, 1.54) is 57.8 Å². The monoisotopic (exact) mass is 233 g/mol. The van der Waals surface area contributed by atoms with Gasteiger partial charge in [-0.25, -0.2) is 4.98 Å². The van der Waals surface area contributed by atoms with Crippen molar-refractivity contribution in [3.63, 3.8) is 0 Å². The van der Waals surface area contributed by atoms with Crippen LogP contribution in [0.1, 0.15) is 73.4 Å². The van der Waals surface area contributed by atoms with E-state index in [9.17, 15) is 0 Å². The van der Waals surface area contributed by atoms with Crippen molar-refractivity contribution in [1.82, 2.24) is 9.97 Å². The van der Waals surface area contributed by atoms with E-state index >= 15 is 0 Å². The van der Waals surface area contributed by atoms with Gasteiger partial charge < -0.3 is 7.84 Å². The molecule has 0 amide bonds. The van der Waals surface area contributed by atoms with Gasteiger partial charge in [-0.15, -0.1) is 0 Å².